The van der Waals surface area contributed by atoms with E-state index < -0.39 is 15.9 Å². The molecule has 7 heteroatoms. The molecule has 1 atom stereocenters. The number of sulfone groups is 1. The van der Waals surface area contributed by atoms with E-state index in [9.17, 15) is 8.42 Å². The van der Waals surface area contributed by atoms with Gasteiger partial charge in [0.25, 0.3) is 0 Å². The predicted molar refractivity (Wildman–Crippen MR) is 69.9 cm³/mol. The smallest absolute Gasteiger partial charge is 0.243 e. The molecule has 0 bridgehead atoms. The third-order valence-electron chi connectivity index (χ3n) is 2.49. The number of nitrogens with zero attached hydrogens (tertiary/aromatic N) is 2. The zero-order valence-corrected chi connectivity index (χ0v) is 11.3. The van der Waals surface area contributed by atoms with Crippen LogP contribution < -0.4 is 5.73 Å². The van der Waals surface area contributed by atoms with Crippen molar-refractivity contribution in [1.29, 1.82) is 0 Å². The molecule has 0 aliphatic rings. The van der Waals surface area contributed by atoms with Crippen molar-refractivity contribution in [2.75, 3.05) is 6.26 Å². The summed E-state index contributed by atoms with van der Waals surface area (Å²) in [6.45, 7) is 0. The van der Waals surface area contributed by atoms with Gasteiger partial charge >= 0.3 is 0 Å². The molecule has 1 heterocycles. The fraction of sp³-hybridized carbons (Fsp3) is 0.333. The van der Waals surface area contributed by atoms with Gasteiger partial charge in [-0.15, -0.1) is 0 Å². The van der Waals surface area contributed by atoms with Crippen LogP contribution >= 0.6 is 0 Å². The van der Waals surface area contributed by atoms with E-state index in [4.69, 9.17) is 10.3 Å². The SMILES string of the molecule is CS(=O)(=O)Cc1noc(C(N)Cc2ccccc2)n1. The molecule has 0 fully saturated rings. The molecule has 2 rings (SSSR count). The van der Waals surface area contributed by atoms with Crippen LogP contribution in [-0.4, -0.2) is 24.8 Å². The van der Waals surface area contributed by atoms with E-state index in [0.717, 1.165) is 11.8 Å². The number of hydrogen-bond acceptors (Lipinski definition) is 6. The Hall–Kier alpha value is -1.73. The first-order chi connectivity index (χ1) is 8.94. The molecule has 0 aliphatic heterocycles. The van der Waals surface area contributed by atoms with Crippen LogP contribution in [0.25, 0.3) is 0 Å². The fourth-order valence-electron chi connectivity index (χ4n) is 1.67. The average molecular weight is 281 g/mol. The summed E-state index contributed by atoms with van der Waals surface area (Å²) in [6, 6.07) is 9.23. The van der Waals surface area contributed by atoms with Gasteiger partial charge in [0.1, 0.15) is 5.75 Å². The van der Waals surface area contributed by atoms with Crippen molar-refractivity contribution in [2.24, 2.45) is 5.73 Å². The van der Waals surface area contributed by atoms with Gasteiger partial charge in [-0.3, -0.25) is 0 Å². The Bertz CT molecular complexity index is 637. The van der Waals surface area contributed by atoms with E-state index in [2.05, 4.69) is 10.1 Å². The molecule has 1 aromatic carbocycles. The van der Waals surface area contributed by atoms with Gasteiger partial charge in [0.15, 0.2) is 15.7 Å². The maximum atomic E-state index is 11.1. The standard InChI is InChI=1S/C12H15N3O3S/c1-19(16,17)8-11-14-12(18-15-11)10(13)7-9-5-3-2-4-6-9/h2-6,10H,7-8,13H2,1H3. The van der Waals surface area contributed by atoms with Crippen molar-refractivity contribution in [3.8, 4) is 0 Å². The monoisotopic (exact) mass is 281 g/mol. The molecule has 0 spiro atoms. The molecule has 0 amide bonds. The average Bonchev–Trinajstić information content (AvgIpc) is 2.76. The van der Waals surface area contributed by atoms with Crippen LogP contribution in [0.1, 0.15) is 23.3 Å². The summed E-state index contributed by atoms with van der Waals surface area (Å²) in [5, 5.41) is 3.62. The zero-order chi connectivity index (χ0) is 13.9. The van der Waals surface area contributed by atoms with E-state index in [-0.39, 0.29) is 17.5 Å². The Morgan fingerprint density at radius 2 is 2.00 bits per heavy atom. The van der Waals surface area contributed by atoms with Crippen molar-refractivity contribution in [2.45, 2.75) is 18.2 Å². The summed E-state index contributed by atoms with van der Waals surface area (Å²) in [7, 11) is -3.17. The van der Waals surface area contributed by atoms with Gasteiger partial charge in [0.05, 0.1) is 6.04 Å². The lowest BCUT2D eigenvalue weighted by atomic mass is 10.1. The van der Waals surface area contributed by atoms with Crippen molar-refractivity contribution >= 4 is 9.84 Å². The summed E-state index contributed by atoms with van der Waals surface area (Å²) in [5.41, 5.74) is 7.01. The fourth-order valence-corrected chi connectivity index (χ4v) is 2.25. The second-order valence-electron chi connectivity index (χ2n) is 4.42. The minimum Gasteiger partial charge on any atom is -0.338 e. The number of nitrogens with two attached hydrogens (primary N) is 1. The third kappa shape index (κ3) is 4.15. The normalized spacial score (nSPS) is 13.4. The van der Waals surface area contributed by atoms with Crippen molar-refractivity contribution < 1.29 is 12.9 Å². The van der Waals surface area contributed by atoms with Crippen LogP contribution in [-0.2, 0) is 22.0 Å². The summed E-state index contributed by atoms with van der Waals surface area (Å²) in [5.74, 6) is 0.151. The lowest BCUT2D eigenvalue weighted by Crippen LogP contribution is -2.14. The van der Waals surface area contributed by atoms with Gasteiger partial charge in [-0.2, -0.15) is 4.98 Å². The Morgan fingerprint density at radius 3 is 2.63 bits per heavy atom. The molecule has 0 saturated carbocycles. The van der Waals surface area contributed by atoms with E-state index in [0.29, 0.717) is 6.42 Å². The van der Waals surface area contributed by atoms with Crippen molar-refractivity contribution in [3.05, 3.63) is 47.6 Å². The van der Waals surface area contributed by atoms with Crippen molar-refractivity contribution in [3.63, 3.8) is 0 Å². The highest BCUT2D eigenvalue weighted by atomic mass is 32.2. The van der Waals surface area contributed by atoms with Crippen LogP contribution in [0.5, 0.6) is 0 Å². The van der Waals surface area contributed by atoms with Gasteiger partial charge in [-0.25, -0.2) is 8.42 Å². The topological polar surface area (TPSA) is 99.1 Å². The highest BCUT2D eigenvalue weighted by molar-refractivity contribution is 7.89. The largest absolute Gasteiger partial charge is 0.338 e. The van der Waals surface area contributed by atoms with E-state index in [1.54, 1.807) is 0 Å². The number of benzene rings is 1. The van der Waals surface area contributed by atoms with Crippen LogP contribution in [0, 0.1) is 0 Å². The summed E-state index contributed by atoms with van der Waals surface area (Å²) >= 11 is 0. The maximum absolute atomic E-state index is 11.1. The first-order valence-corrected chi connectivity index (χ1v) is 7.80. The Morgan fingerprint density at radius 1 is 1.32 bits per heavy atom. The highest BCUT2D eigenvalue weighted by Gasteiger charge is 2.17. The first kappa shape index (κ1) is 13.7. The van der Waals surface area contributed by atoms with Gasteiger partial charge in [-0.05, 0) is 12.0 Å². The minimum absolute atomic E-state index is 0.140. The van der Waals surface area contributed by atoms with E-state index >= 15 is 0 Å². The van der Waals surface area contributed by atoms with Gasteiger partial charge in [-0.1, -0.05) is 35.5 Å². The van der Waals surface area contributed by atoms with Gasteiger partial charge in [0, 0.05) is 6.26 Å². The molecule has 102 valence electrons. The van der Waals surface area contributed by atoms with Crippen LogP contribution in [0.4, 0.5) is 0 Å². The van der Waals surface area contributed by atoms with E-state index in [1.807, 2.05) is 30.3 Å². The summed E-state index contributed by atoms with van der Waals surface area (Å²) < 4.78 is 27.2. The molecule has 0 saturated heterocycles. The molecular weight excluding hydrogens is 266 g/mol. The lowest BCUT2D eigenvalue weighted by molar-refractivity contribution is 0.351. The quantitative estimate of drug-likeness (QED) is 0.872. The molecular formula is C12H15N3O3S. The molecule has 0 aliphatic carbocycles. The molecule has 0 radical (unpaired) electrons. The Balaban J connectivity index is 2.06. The van der Waals surface area contributed by atoms with Crippen LogP contribution in [0.3, 0.4) is 0 Å². The van der Waals surface area contributed by atoms with E-state index in [1.165, 1.54) is 0 Å². The second kappa shape index (κ2) is 5.50. The Labute approximate surface area is 111 Å². The Kier molecular flexibility index (Phi) is 3.96. The second-order valence-corrected chi connectivity index (χ2v) is 6.56. The highest BCUT2D eigenvalue weighted by Crippen LogP contribution is 2.14. The molecule has 2 N–H and O–H groups in total. The lowest BCUT2D eigenvalue weighted by Gasteiger charge is -2.05. The minimum atomic E-state index is -3.17. The third-order valence-corrected chi connectivity index (χ3v) is 3.27. The maximum Gasteiger partial charge on any atom is 0.243 e. The summed E-state index contributed by atoms with van der Waals surface area (Å²) in [4.78, 5) is 4.01. The van der Waals surface area contributed by atoms with Crippen molar-refractivity contribution in [1.82, 2.24) is 10.1 Å². The number of hydrogen-bond donors (Lipinski definition) is 1. The van der Waals surface area contributed by atoms with Crippen LogP contribution in [0.15, 0.2) is 34.9 Å². The van der Waals surface area contributed by atoms with Gasteiger partial charge < -0.3 is 10.3 Å². The molecule has 1 aromatic heterocycles. The number of rotatable bonds is 5. The van der Waals surface area contributed by atoms with Crippen LogP contribution in [0.2, 0.25) is 0 Å². The predicted octanol–water partition coefficient (Wildman–Crippen LogP) is 0.857. The molecule has 19 heavy (non-hydrogen) atoms. The molecule has 2 aromatic rings. The van der Waals surface area contributed by atoms with Gasteiger partial charge in [0.2, 0.25) is 5.89 Å². The zero-order valence-electron chi connectivity index (χ0n) is 10.5. The number of aromatic nitrogens is 2. The first-order valence-electron chi connectivity index (χ1n) is 5.74. The summed E-state index contributed by atoms with van der Waals surface area (Å²) in [6.07, 6.45) is 1.67. The molecule has 6 nitrogen and oxygen atoms in total. The molecule has 1 unspecified atom stereocenters.